The number of nitrogens with one attached hydrogen (secondary N) is 2. The first-order chi connectivity index (χ1) is 11.5. The summed E-state index contributed by atoms with van der Waals surface area (Å²) in [4.78, 5) is 30.5. The van der Waals surface area contributed by atoms with Gasteiger partial charge in [-0.3, -0.25) is 14.2 Å². The van der Waals surface area contributed by atoms with Crippen molar-refractivity contribution in [2.24, 2.45) is 7.05 Å². The molecule has 126 valence electrons. The zero-order valence-electron chi connectivity index (χ0n) is 14.0. The van der Waals surface area contributed by atoms with E-state index in [2.05, 4.69) is 15.3 Å². The monoisotopic (exact) mass is 330 g/mol. The molecule has 0 aliphatic carbocycles. The smallest absolute Gasteiger partial charge is 0.262 e. The minimum Gasteiger partial charge on any atom is -0.352 e. The number of hydrogen-bond donors (Lipinski definition) is 2. The van der Waals surface area contributed by atoms with Crippen molar-refractivity contribution in [2.75, 3.05) is 5.32 Å². The van der Waals surface area contributed by atoms with Crippen molar-refractivity contribution in [3.63, 3.8) is 0 Å². The van der Waals surface area contributed by atoms with Crippen molar-refractivity contribution in [3.05, 3.63) is 62.7 Å². The summed E-state index contributed by atoms with van der Waals surface area (Å²) in [5.41, 5.74) is 0.650. The van der Waals surface area contributed by atoms with E-state index in [1.807, 2.05) is 13.8 Å². The fourth-order valence-corrected chi connectivity index (χ4v) is 2.25. The molecule has 24 heavy (non-hydrogen) atoms. The molecule has 0 radical (unpaired) electrons. The summed E-state index contributed by atoms with van der Waals surface area (Å²) in [6.07, 6.45) is 1.22. The second-order valence-electron chi connectivity index (χ2n) is 4.99. The Kier molecular flexibility index (Phi) is 5.13. The first-order valence-corrected chi connectivity index (χ1v) is 7.58. The Morgan fingerprint density at radius 1 is 1.17 bits per heavy atom. The largest absolute Gasteiger partial charge is 0.352 e. The number of aromatic nitrogens is 3. The molecule has 0 aliphatic rings. The first kappa shape index (κ1) is 17.4. The molecular weight excluding hydrogens is 311 g/mol. The van der Waals surface area contributed by atoms with Crippen molar-refractivity contribution >= 4 is 22.4 Å². The highest BCUT2D eigenvalue weighted by atomic mass is 19.1. The normalized spacial score (nSPS) is 10.2. The highest BCUT2D eigenvalue weighted by Gasteiger charge is 2.12. The fraction of sp³-hybridized carbons (Fsp3) is 0.235. The molecule has 0 bridgehead atoms. The van der Waals surface area contributed by atoms with Gasteiger partial charge in [-0.25, -0.2) is 9.37 Å². The van der Waals surface area contributed by atoms with Crippen LogP contribution >= 0.6 is 0 Å². The molecule has 0 amide bonds. The number of halogens is 1. The highest BCUT2D eigenvalue weighted by Crippen LogP contribution is 2.23. The van der Waals surface area contributed by atoms with Gasteiger partial charge in [-0.15, -0.1) is 0 Å². The van der Waals surface area contributed by atoms with Crippen molar-refractivity contribution in [3.8, 4) is 0 Å². The van der Waals surface area contributed by atoms with E-state index < -0.39 is 11.4 Å². The molecule has 0 atom stereocenters. The third kappa shape index (κ3) is 3.19. The lowest BCUT2D eigenvalue weighted by atomic mass is 10.2. The number of rotatable bonds is 2. The van der Waals surface area contributed by atoms with Gasteiger partial charge in [-0.05, 0) is 24.6 Å². The lowest BCUT2D eigenvalue weighted by Gasteiger charge is -2.11. The van der Waals surface area contributed by atoms with Crippen LogP contribution < -0.4 is 16.4 Å². The zero-order chi connectivity index (χ0) is 17.9. The summed E-state index contributed by atoms with van der Waals surface area (Å²) >= 11 is 0. The summed E-state index contributed by atoms with van der Waals surface area (Å²) < 4.78 is 15.2. The molecule has 1 aromatic carbocycles. The van der Waals surface area contributed by atoms with Gasteiger partial charge in [-0.1, -0.05) is 19.9 Å². The summed E-state index contributed by atoms with van der Waals surface area (Å²) in [5.74, 6) is -0.464. The Hall–Kier alpha value is -2.96. The van der Waals surface area contributed by atoms with Crippen LogP contribution in [0.1, 0.15) is 19.4 Å². The number of hydrogen-bond acceptors (Lipinski definition) is 4. The predicted octanol–water partition coefficient (Wildman–Crippen LogP) is 2.84. The number of aromatic amines is 1. The standard InChI is InChI=1S/C15H13FN4O2.C2H6/c1-8-3-4-10(9(16)5-8)19-11-6-12(21)20(2)14-13(11)15(22)18-7-17-14;1-2/h3-7,19H,1-2H3,(H,17,18,22);1-2H3. The summed E-state index contributed by atoms with van der Waals surface area (Å²) in [6.45, 7) is 5.77. The molecule has 0 aliphatic heterocycles. The number of nitrogens with zero attached hydrogens (tertiary/aromatic N) is 2. The molecule has 6 nitrogen and oxygen atoms in total. The maximum absolute atomic E-state index is 14.0. The topological polar surface area (TPSA) is 79.8 Å². The molecule has 2 aromatic heterocycles. The van der Waals surface area contributed by atoms with Gasteiger partial charge in [0.25, 0.3) is 11.1 Å². The summed E-state index contributed by atoms with van der Waals surface area (Å²) in [6, 6.07) is 5.91. The molecule has 0 unspecified atom stereocenters. The number of anilines is 2. The minimum absolute atomic E-state index is 0.184. The highest BCUT2D eigenvalue weighted by molar-refractivity contribution is 5.90. The van der Waals surface area contributed by atoms with Crippen molar-refractivity contribution in [1.29, 1.82) is 0 Å². The second kappa shape index (κ2) is 7.08. The first-order valence-electron chi connectivity index (χ1n) is 7.58. The lowest BCUT2D eigenvalue weighted by Crippen LogP contribution is -2.21. The van der Waals surface area contributed by atoms with Crippen LogP contribution in [0.15, 0.2) is 40.2 Å². The van der Waals surface area contributed by atoms with E-state index in [1.54, 1.807) is 19.1 Å². The number of fused-ring (bicyclic) bond motifs is 1. The van der Waals surface area contributed by atoms with E-state index in [1.165, 1.54) is 30.1 Å². The average Bonchev–Trinajstić information content (AvgIpc) is 2.56. The summed E-state index contributed by atoms with van der Waals surface area (Å²) in [5, 5.41) is 3.00. The van der Waals surface area contributed by atoms with E-state index in [0.717, 1.165) is 5.56 Å². The van der Waals surface area contributed by atoms with Crippen molar-refractivity contribution in [1.82, 2.24) is 14.5 Å². The number of aryl methyl sites for hydroxylation is 2. The van der Waals surface area contributed by atoms with Crippen LogP contribution in [0.4, 0.5) is 15.8 Å². The van der Waals surface area contributed by atoms with E-state index in [4.69, 9.17) is 0 Å². The molecule has 0 saturated heterocycles. The average molecular weight is 330 g/mol. The fourth-order valence-electron chi connectivity index (χ4n) is 2.25. The predicted molar refractivity (Wildman–Crippen MR) is 93.4 cm³/mol. The van der Waals surface area contributed by atoms with Crippen LogP contribution in [-0.2, 0) is 7.05 Å². The molecule has 0 spiro atoms. The Morgan fingerprint density at radius 2 is 1.88 bits per heavy atom. The third-order valence-corrected chi connectivity index (χ3v) is 3.41. The van der Waals surface area contributed by atoms with Gasteiger partial charge in [-0.2, -0.15) is 0 Å². The Morgan fingerprint density at radius 3 is 2.54 bits per heavy atom. The molecule has 3 rings (SSSR count). The molecular formula is C17H19FN4O2. The maximum Gasteiger partial charge on any atom is 0.262 e. The maximum atomic E-state index is 14.0. The molecule has 7 heteroatoms. The van der Waals surface area contributed by atoms with Gasteiger partial charge in [0.05, 0.1) is 17.7 Å². The lowest BCUT2D eigenvalue weighted by molar-refractivity contribution is 0.631. The Bertz CT molecular complexity index is 992. The summed E-state index contributed by atoms with van der Waals surface area (Å²) in [7, 11) is 1.52. The van der Waals surface area contributed by atoms with E-state index in [0.29, 0.717) is 0 Å². The quantitative estimate of drug-likeness (QED) is 0.757. The number of H-pyrrole nitrogens is 1. The van der Waals surface area contributed by atoms with Crippen LogP contribution in [0.3, 0.4) is 0 Å². The van der Waals surface area contributed by atoms with Gasteiger partial charge in [0, 0.05) is 13.1 Å². The zero-order valence-corrected chi connectivity index (χ0v) is 14.0. The molecule has 2 heterocycles. The van der Waals surface area contributed by atoms with E-state index >= 15 is 0 Å². The molecule has 0 fully saturated rings. The number of benzene rings is 1. The van der Waals surface area contributed by atoms with Crippen LogP contribution in [0, 0.1) is 12.7 Å². The van der Waals surface area contributed by atoms with Gasteiger partial charge in [0.1, 0.15) is 11.2 Å². The van der Waals surface area contributed by atoms with Gasteiger partial charge in [0.15, 0.2) is 5.65 Å². The second-order valence-corrected chi connectivity index (χ2v) is 4.99. The minimum atomic E-state index is -0.464. The molecule has 2 N–H and O–H groups in total. The SMILES string of the molecule is CC.Cc1ccc(Nc2cc(=O)n(C)c3nc[nH]c(=O)c23)c(F)c1. The molecule has 0 saturated carbocycles. The third-order valence-electron chi connectivity index (χ3n) is 3.41. The van der Waals surface area contributed by atoms with Crippen LogP contribution in [0.5, 0.6) is 0 Å². The van der Waals surface area contributed by atoms with E-state index in [9.17, 15) is 14.0 Å². The van der Waals surface area contributed by atoms with Crippen molar-refractivity contribution < 1.29 is 4.39 Å². The van der Waals surface area contributed by atoms with Crippen molar-refractivity contribution in [2.45, 2.75) is 20.8 Å². The van der Waals surface area contributed by atoms with E-state index in [-0.39, 0.29) is 28.0 Å². The van der Waals surface area contributed by atoms with Crippen LogP contribution in [0.2, 0.25) is 0 Å². The van der Waals surface area contributed by atoms with Crippen LogP contribution in [0.25, 0.3) is 11.0 Å². The van der Waals surface area contributed by atoms with Gasteiger partial charge in [0.2, 0.25) is 0 Å². The number of pyridine rings is 1. The van der Waals surface area contributed by atoms with Gasteiger partial charge < -0.3 is 10.3 Å². The van der Waals surface area contributed by atoms with Gasteiger partial charge >= 0.3 is 0 Å². The Balaban J connectivity index is 0.00000100. The van der Waals surface area contributed by atoms with Crippen LogP contribution in [-0.4, -0.2) is 14.5 Å². The molecule has 3 aromatic rings. The Labute approximate surface area is 138 Å².